The Morgan fingerprint density at radius 1 is 1.39 bits per heavy atom. The van der Waals surface area contributed by atoms with Crippen LogP contribution >= 0.6 is 11.6 Å². The van der Waals surface area contributed by atoms with Crippen LogP contribution < -0.4 is 5.32 Å². The van der Waals surface area contributed by atoms with Crippen LogP contribution in [0, 0.1) is 5.92 Å². The molecule has 0 heterocycles. The Labute approximate surface area is 117 Å². The van der Waals surface area contributed by atoms with Crippen LogP contribution in [-0.2, 0) is 10.8 Å². The van der Waals surface area contributed by atoms with Gasteiger partial charge in [-0.25, -0.2) is 0 Å². The van der Waals surface area contributed by atoms with Gasteiger partial charge in [0.05, 0.1) is 20.7 Å². The summed E-state index contributed by atoms with van der Waals surface area (Å²) in [6.45, 7) is 0. The van der Waals surface area contributed by atoms with Gasteiger partial charge >= 0.3 is 0 Å². The Morgan fingerprint density at radius 3 is 2.89 bits per heavy atom. The molecular weight excluding hydrogens is 266 g/mol. The van der Waals surface area contributed by atoms with E-state index in [2.05, 4.69) is 5.32 Å². The number of nitrogens with one attached hydrogen (secondary N) is 1. The molecule has 0 saturated heterocycles. The summed E-state index contributed by atoms with van der Waals surface area (Å²) in [5.41, 5.74) is 0. The van der Waals surface area contributed by atoms with Crippen LogP contribution in [0.5, 0.6) is 0 Å². The maximum absolute atomic E-state index is 12.2. The fourth-order valence-corrected chi connectivity index (χ4v) is 4.41. The minimum absolute atomic E-state index is 0.605. The van der Waals surface area contributed by atoms with Crippen molar-refractivity contribution in [2.24, 2.45) is 5.92 Å². The lowest BCUT2D eigenvalue weighted by atomic mass is 10.0. The number of rotatable bonds is 5. The van der Waals surface area contributed by atoms with E-state index >= 15 is 0 Å². The molecule has 1 aromatic carbocycles. The fraction of sp³-hybridized carbons (Fsp3) is 0.571. The summed E-state index contributed by atoms with van der Waals surface area (Å²) in [7, 11) is 1.05. The van der Waals surface area contributed by atoms with E-state index < -0.39 is 10.8 Å². The molecule has 0 spiro atoms. The van der Waals surface area contributed by atoms with Gasteiger partial charge in [0.15, 0.2) is 0 Å². The molecular formula is C14H20ClNOS. The largest absolute Gasteiger partial charge is 0.317 e. The summed E-state index contributed by atoms with van der Waals surface area (Å²) in [5, 5.41) is 3.98. The highest BCUT2D eigenvalue weighted by molar-refractivity contribution is 7.85. The summed E-state index contributed by atoms with van der Waals surface area (Å²) in [6.07, 6.45) is 4.81. The third kappa shape index (κ3) is 3.34. The third-order valence-corrected chi connectivity index (χ3v) is 5.68. The number of hydrogen-bond donors (Lipinski definition) is 1. The van der Waals surface area contributed by atoms with Crippen LogP contribution in [0.25, 0.3) is 0 Å². The van der Waals surface area contributed by atoms with Crippen LogP contribution in [0.15, 0.2) is 29.2 Å². The van der Waals surface area contributed by atoms with Crippen molar-refractivity contribution in [1.82, 2.24) is 5.32 Å². The quantitative estimate of drug-likeness (QED) is 0.900. The van der Waals surface area contributed by atoms with E-state index in [9.17, 15) is 4.21 Å². The average molecular weight is 286 g/mol. The summed E-state index contributed by atoms with van der Waals surface area (Å²) in [6, 6.07) is 8.04. The van der Waals surface area contributed by atoms with Crippen molar-refractivity contribution in [3.63, 3.8) is 0 Å². The molecule has 3 atom stereocenters. The van der Waals surface area contributed by atoms with Crippen molar-refractivity contribution in [3.8, 4) is 0 Å². The van der Waals surface area contributed by atoms with Gasteiger partial charge < -0.3 is 5.32 Å². The van der Waals surface area contributed by atoms with E-state index in [1.54, 1.807) is 6.07 Å². The van der Waals surface area contributed by atoms with Crippen molar-refractivity contribution in [2.75, 3.05) is 12.8 Å². The van der Waals surface area contributed by atoms with Gasteiger partial charge in [-0.3, -0.25) is 4.21 Å². The smallest absolute Gasteiger partial charge is 0.0574 e. The molecule has 1 fully saturated rings. The Morgan fingerprint density at radius 2 is 2.17 bits per heavy atom. The Balaban J connectivity index is 1.91. The van der Waals surface area contributed by atoms with Crippen LogP contribution in [0.3, 0.4) is 0 Å². The minimum atomic E-state index is -0.968. The number of benzene rings is 1. The topological polar surface area (TPSA) is 29.1 Å². The first kappa shape index (κ1) is 14.0. The lowest BCUT2D eigenvalue weighted by molar-refractivity contribution is 0.416. The highest BCUT2D eigenvalue weighted by Gasteiger charge is 2.26. The van der Waals surface area contributed by atoms with Gasteiger partial charge in [0.1, 0.15) is 0 Å². The van der Waals surface area contributed by atoms with E-state index in [0.29, 0.717) is 22.7 Å². The van der Waals surface area contributed by atoms with E-state index in [4.69, 9.17) is 11.6 Å². The molecule has 0 bridgehead atoms. The predicted molar refractivity (Wildman–Crippen MR) is 77.5 cm³/mol. The minimum Gasteiger partial charge on any atom is -0.317 e. The second-order valence-electron chi connectivity index (χ2n) is 4.85. The van der Waals surface area contributed by atoms with E-state index in [1.165, 1.54) is 19.3 Å². The zero-order valence-corrected chi connectivity index (χ0v) is 12.3. The molecule has 1 aliphatic rings. The molecule has 1 saturated carbocycles. The Bertz CT molecular complexity index is 424. The van der Waals surface area contributed by atoms with Crippen molar-refractivity contribution in [2.45, 2.75) is 36.6 Å². The molecule has 0 radical (unpaired) electrons. The van der Waals surface area contributed by atoms with Gasteiger partial charge in [-0.1, -0.05) is 30.2 Å². The molecule has 2 rings (SSSR count). The highest BCUT2D eigenvalue weighted by atomic mass is 35.5. The van der Waals surface area contributed by atoms with Crippen LogP contribution in [0.1, 0.15) is 25.7 Å². The fourth-order valence-electron chi connectivity index (χ4n) is 2.76. The molecule has 0 aromatic heterocycles. The van der Waals surface area contributed by atoms with Gasteiger partial charge in [-0.2, -0.15) is 0 Å². The molecule has 0 amide bonds. The van der Waals surface area contributed by atoms with Crippen LogP contribution in [-0.4, -0.2) is 23.1 Å². The zero-order chi connectivity index (χ0) is 13.0. The van der Waals surface area contributed by atoms with Gasteiger partial charge in [0.25, 0.3) is 0 Å². The first-order valence-electron chi connectivity index (χ1n) is 6.52. The summed E-state index contributed by atoms with van der Waals surface area (Å²) in [4.78, 5) is 0.776. The van der Waals surface area contributed by atoms with E-state index in [0.717, 1.165) is 11.3 Å². The molecule has 18 heavy (non-hydrogen) atoms. The molecule has 100 valence electrons. The maximum atomic E-state index is 12.2. The first-order chi connectivity index (χ1) is 8.72. The molecule has 1 aliphatic carbocycles. The Kier molecular flexibility index (Phi) is 5.22. The molecule has 2 nitrogen and oxygen atoms in total. The molecule has 0 aliphatic heterocycles. The average Bonchev–Trinajstić information content (AvgIpc) is 2.84. The summed E-state index contributed by atoms with van der Waals surface area (Å²) < 4.78 is 12.2. The van der Waals surface area contributed by atoms with Crippen LogP contribution in [0.4, 0.5) is 0 Å². The Hall–Kier alpha value is -0.380. The number of hydrogen-bond acceptors (Lipinski definition) is 2. The zero-order valence-electron chi connectivity index (χ0n) is 10.7. The monoisotopic (exact) mass is 285 g/mol. The van der Waals surface area contributed by atoms with E-state index in [-0.39, 0.29) is 0 Å². The molecule has 1 N–H and O–H groups in total. The predicted octanol–water partition coefficient (Wildman–Crippen LogP) is 3.23. The second-order valence-corrected chi connectivity index (χ2v) is 6.80. The van der Waals surface area contributed by atoms with Gasteiger partial charge in [0, 0.05) is 11.8 Å². The molecule has 3 unspecified atom stereocenters. The van der Waals surface area contributed by atoms with Crippen LogP contribution in [0.2, 0.25) is 5.02 Å². The summed E-state index contributed by atoms with van der Waals surface area (Å²) >= 11 is 6.07. The lowest BCUT2D eigenvalue weighted by Gasteiger charge is -2.18. The van der Waals surface area contributed by atoms with Crippen molar-refractivity contribution in [1.29, 1.82) is 0 Å². The molecule has 4 heteroatoms. The van der Waals surface area contributed by atoms with Crippen molar-refractivity contribution >= 4 is 22.4 Å². The van der Waals surface area contributed by atoms with E-state index in [1.807, 2.05) is 25.2 Å². The normalized spacial score (nSPS) is 25.2. The maximum Gasteiger partial charge on any atom is 0.0574 e. The first-order valence-corrected chi connectivity index (χ1v) is 8.22. The number of halogens is 1. The standard InChI is InChI=1S/C14H20ClNOS/c1-16-13-7-4-5-11(13)9-10-18(17)14-8-3-2-6-12(14)15/h2-3,6,8,11,13,16H,4-5,7,9-10H2,1H3. The highest BCUT2D eigenvalue weighted by Crippen LogP contribution is 2.29. The van der Waals surface area contributed by atoms with Gasteiger partial charge in [-0.15, -0.1) is 0 Å². The SMILES string of the molecule is CNC1CCCC1CCS(=O)c1ccccc1Cl. The van der Waals surface area contributed by atoms with Crippen molar-refractivity contribution in [3.05, 3.63) is 29.3 Å². The molecule has 1 aromatic rings. The lowest BCUT2D eigenvalue weighted by Crippen LogP contribution is -2.29. The van der Waals surface area contributed by atoms with Gasteiger partial charge in [0.2, 0.25) is 0 Å². The van der Waals surface area contributed by atoms with Crippen molar-refractivity contribution < 1.29 is 4.21 Å². The second kappa shape index (κ2) is 6.69. The summed E-state index contributed by atoms with van der Waals surface area (Å²) in [5.74, 6) is 1.38. The van der Waals surface area contributed by atoms with Gasteiger partial charge in [-0.05, 0) is 44.4 Å². The third-order valence-electron chi connectivity index (χ3n) is 3.79.